The van der Waals surface area contributed by atoms with Gasteiger partial charge < -0.3 is 10.6 Å². The number of amides is 2. The van der Waals surface area contributed by atoms with Crippen molar-refractivity contribution >= 4 is 23.4 Å². The number of hydrogen-bond acceptors (Lipinski definition) is 2. The van der Waals surface area contributed by atoms with Gasteiger partial charge in [0.2, 0.25) is 11.8 Å². The van der Waals surface area contributed by atoms with E-state index in [1.807, 2.05) is 24.3 Å². The normalized spacial score (nSPS) is 23.6. The quantitative estimate of drug-likeness (QED) is 0.762. The van der Waals surface area contributed by atoms with Gasteiger partial charge in [-0.05, 0) is 62.6 Å². The molecule has 0 aliphatic heterocycles. The lowest BCUT2D eigenvalue weighted by molar-refractivity contribution is -0.131. The van der Waals surface area contributed by atoms with Crippen LogP contribution in [0.5, 0.6) is 0 Å². The van der Waals surface area contributed by atoms with Crippen molar-refractivity contribution in [3.8, 4) is 0 Å². The fourth-order valence-corrected chi connectivity index (χ4v) is 4.56. The Labute approximate surface area is 167 Å². The molecule has 2 N–H and O–H groups in total. The molecule has 0 spiro atoms. The zero-order valence-corrected chi connectivity index (χ0v) is 16.8. The summed E-state index contributed by atoms with van der Waals surface area (Å²) < 4.78 is 0. The summed E-state index contributed by atoms with van der Waals surface area (Å²) in [6.45, 7) is 0.626. The maximum Gasteiger partial charge on any atom is 0.223 e. The predicted molar refractivity (Wildman–Crippen MR) is 109 cm³/mol. The summed E-state index contributed by atoms with van der Waals surface area (Å²) in [5.41, 5.74) is 1.13. The smallest absolute Gasteiger partial charge is 0.223 e. The third kappa shape index (κ3) is 6.24. The van der Waals surface area contributed by atoms with Crippen molar-refractivity contribution in [3.63, 3.8) is 0 Å². The van der Waals surface area contributed by atoms with E-state index >= 15 is 0 Å². The summed E-state index contributed by atoms with van der Waals surface area (Å²) >= 11 is 5.99. The first-order valence-electron chi connectivity index (χ1n) is 10.4. The number of carbonyl (C=O) groups is 2. The topological polar surface area (TPSA) is 58.2 Å². The third-order valence-corrected chi connectivity index (χ3v) is 6.26. The van der Waals surface area contributed by atoms with E-state index in [1.54, 1.807) is 0 Å². The molecule has 3 rings (SSSR count). The van der Waals surface area contributed by atoms with Gasteiger partial charge in [-0.3, -0.25) is 9.59 Å². The Balaban J connectivity index is 1.35. The number of rotatable bonds is 6. The predicted octanol–water partition coefficient (Wildman–Crippen LogP) is 4.25. The van der Waals surface area contributed by atoms with E-state index < -0.39 is 0 Å². The van der Waals surface area contributed by atoms with Crippen LogP contribution < -0.4 is 10.6 Å². The first-order valence-corrected chi connectivity index (χ1v) is 10.8. The first kappa shape index (κ1) is 20.2. The standard InChI is InChI=1S/C22H31ClN2O2/c23-19-6-4-5-16(15-19)13-14-24-21(26)17-9-11-18(12-10-17)22(27)25-20-7-2-1-3-8-20/h4-6,15,17-18,20H,1-3,7-14H2,(H,24,26)(H,25,27). The van der Waals surface area contributed by atoms with Gasteiger partial charge in [-0.15, -0.1) is 0 Å². The van der Waals surface area contributed by atoms with Crippen LogP contribution in [0, 0.1) is 11.8 Å². The zero-order chi connectivity index (χ0) is 19.1. The number of halogens is 1. The minimum absolute atomic E-state index is 0.0445. The van der Waals surface area contributed by atoms with E-state index in [0.29, 0.717) is 12.6 Å². The van der Waals surface area contributed by atoms with Gasteiger partial charge in [0, 0.05) is 29.4 Å². The van der Waals surface area contributed by atoms with Crippen LogP contribution in [0.4, 0.5) is 0 Å². The largest absolute Gasteiger partial charge is 0.356 e. The van der Waals surface area contributed by atoms with Gasteiger partial charge in [0.15, 0.2) is 0 Å². The van der Waals surface area contributed by atoms with E-state index in [1.165, 1.54) is 19.3 Å². The minimum atomic E-state index is 0.0445. The van der Waals surface area contributed by atoms with Crippen molar-refractivity contribution in [3.05, 3.63) is 34.9 Å². The molecular formula is C22H31ClN2O2. The highest BCUT2D eigenvalue weighted by molar-refractivity contribution is 6.30. The molecule has 148 valence electrons. The molecule has 0 aromatic heterocycles. The molecular weight excluding hydrogens is 360 g/mol. The summed E-state index contributed by atoms with van der Waals surface area (Å²) in [5, 5.41) is 7.01. The van der Waals surface area contributed by atoms with E-state index in [4.69, 9.17) is 11.6 Å². The lowest BCUT2D eigenvalue weighted by atomic mass is 9.81. The molecule has 4 nitrogen and oxygen atoms in total. The van der Waals surface area contributed by atoms with Crippen molar-refractivity contribution in [1.29, 1.82) is 0 Å². The minimum Gasteiger partial charge on any atom is -0.356 e. The highest BCUT2D eigenvalue weighted by Gasteiger charge is 2.30. The average Bonchev–Trinajstić information content (AvgIpc) is 2.69. The molecule has 5 heteroatoms. The second-order valence-electron chi connectivity index (χ2n) is 8.06. The van der Waals surface area contributed by atoms with Crippen molar-refractivity contribution in [2.45, 2.75) is 70.3 Å². The molecule has 0 heterocycles. The Hall–Kier alpha value is -1.55. The third-order valence-electron chi connectivity index (χ3n) is 6.02. The Kier molecular flexibility index (Phi) is 7.57. The molecule has 0 radical (unpaired) electrons. The first-order chi connectivity index (χ1) is 13.1. The Morgan fingerprint density at radius 3 is 2.26 bits per heavy atom. The molecule has 1 aromatic rings. The van der Waals surface area contributed by atoms with Crippen LogP contribution in [0.25, 0.3) is 0 Å². The Morgan fingerprint density at radius 2 is 1.59 bits per heavy atom. The number of carbonyl (C=O) groups excluding carboxylic acids is 2. The molecule has 2 amide bonds. The van der Waals surface area contributed by atoms with Gasteiger partial charge >= 0.3 is 0 Å². The second kappa shape index (κ2) is 10.1. The molecule has 0 bridgehead atoms. The molecule has 1 aromatic carbocycles. The maximum absolute atomic E-state index is 12.5. The highest BCUT2D eigenvalue weighted by atomic mass is 35.5. The van der Waals surface area contributed by atoms with Gasteiger partial charge in [-0.25, -0.2) is 0 Å². The van der Waals surface area contributed by atoms with Crippen molar-refractivity contribution in [1.82, 2.24) is 10.6 Å². The number of hydrogen-bond donors (Lipinski definition) is 2. The Bertz CT molecular complexity index is 635. The SMILES string of the molecule is O=C(NCCc1cccc(Cl)c1)C1CCC(C(=O)NC2CCCCC2)CC1. The lowest BCUT2D eigenvalue weighted by Gasteiger charge is -2.29. The lowest BCUT2D eigenvalue weighted by Crippen LogP contribution is -2.42. The summed E-state index contributed by atoms with van der Waals surface area (Å²) in [6.07, 6.45) is 10.1. The Morgan fingerprint density at radius 1 is 0.926 bits per heavy atom. The van der Waals surface area contributed by atoms with Crippen LogP contribution in [0.1, 0.15) is 63.4 Å². The van der Waals surface area contributed by atoms with Crippen LogP contribution in [0.3, 0.4) is 0 Å². The van der Waals surface area contributed by atoms with Crippen LogP contribution in [0.2, 0.25) is 5.02 Å². The maximum atomic E-state index is 12.5. The fourth-order valence-electron chi connectivity index (χ4n) is 4.35. The summed E-state index contributed by atoms with van der Waals surface area (Å²) in [6, 6.07) is 8.11. The van der Waals surface area contributed by atoms with Gasteiger partial charge in [-0.2, -0.15) is 0 Å². The monoisotopic (exact) mass is 390 g/mol. The summed E-state index contributed by atoms with van der Waals surface area (Å²) in [4.78, 5) is 24.9. The number of nitrogens with one attached hydrogen (secondary N) is 2. The van der Waals surface area contributed by atoms with E-state index in [2.05, 4.69) is 10.6 Å². The molecule has 0 saturated heterocycles. The van der Waals surface area contributed by atoms with Crippen LogP contribution in [0.15, 0.2) is 24.3 Å². The summed E-state index contributed by atoms with van der Waals surface area (Å²) in [5.74, 6) is 0.468. The molecule has 27 heavy (non-hydrogen) atoms. The highest BCUT2D eigenvalue weighted by Crippen LogP contribution is 2.29. The molecule has 0 atom stereocenters. The van der Waals surface area contributed by atoms with Crippen LogP contribution >= 0.6 is 11.6 Å². The van der Waals surface area contributed by atoms with Crippen molar-refractivity contribution in [2.24, 2.45) is 11.8 Å². The molecule has 2 aliphatic carbocycles. The van der Waals surface area contributed by atoms with E-state index in [-0.39, 0.29) is 23.7 Å². The van der Waals surface area contributed by atoms with E-state index in [9.17, 15) is 9.59 Å². The fraction of sp³-hybridized carbons (Fsp3) is 0.636. The zero-order valence-electron chi connectivity index (χ0n) is 16.0. The summed E-state index contributed by atoms with van der Waals surface area (Å²) in [7, 11) is 0. The molecule has 2 aliphatic rings. The molecule has 2 fully saturated rings. The van der Waals surface area contributed by atoms with Gasteiger partial charge in [0.05, 0.1) is 0 Å². The van der Waals surface area contributed by atoms with Crippen LogP contribution in [-0.2, 0) is 16.0 Å². The van der Waals surface area contributed by atoms with Crippen molar-refractivity contribution < 1.29 is 9.59 Å². The molecule has 0 unspecified atom stereocenters. The van der Waals surface area contributed by atoms with Gasteiger partial charge in [-0.1, -0.05) is 43.0 Å². The molecule has 2 saturated carbocycles. The van der Waals surface area contributed by atoms with E-state index in [0.717, 1.165) is 55.5 Å². The van der Waals surface area contributed by atoms with Crippen molar-refractivity contribution in [2.75, 3.05) is 6.54 Å². The second-order valence-corrected chi connectivity index (χ2v) is 8.50. The van der Waals surface area contributed by atoms with Gasteiger partial charge in [0.1, 0.15) is 0 Å². The number of benzene rings is 1. The van der Waals surface area contributed by atoms with Crippen LogP contribution in [-0.4, -0.2) is 24.4 Å². The average molecular weight is 391 g/mol. The van der Waals surface area contributed by atoms with Gasteiger partial charge in [0.25, 0.3) is 0 Å².